The Kier molecular flexibility index (Phi) is 5.50. The van der Waals surface area contributed by atoms with Crippen molar-refractivity contribution in [3.63, 3.8) is 0 Å². The van der Waals surface area contributed by atoms with Gasteiger partial charge in [0.15, 0.2) is 0 Å². The summed E-state index contributed by atoms with van der Waals surface area (Å²) in [6.07, 6.45) is 13.3. The molecule has 0 nitrogen and oxygen atoms in total. The van der Waals surface area contributed by atoms with Gasteiger partial charge >= 0.3 is 0 Å². The molecule has 0 heteroatoms. The van der Waals surface area contributed by atoms with E-state index in [2.05, 4.69) is 13.8 Å². The fourth-order valence-corrected chi connectivity index (χ4v) is 2.71. The van der Waals surface area contributed by atoms with Gasteiger partial charge in [0.1, 0.15) is 0 Å². The van der Waals surface area contributed by atoms with E-state index in [1.165, 1.54) is 57.8 Å². The highest BCUT2D eigenvalue weighted by Gasteiger charge is 2.15. The highest BCUT2D eigenvalue weighted by atomic mass is 14.2. The van der Waals surface area contributed by atoms with Crippen LogP contribution in [-0.2, 0) is 0 Å². The Hall–Kier alpha value is 0. The summed E-state index contributed by atoms with van der Waals surface area (Å²) in [6.45, 7) is 4.84. The van der Waals surface area contributed by atoms with Crippen LogP contribution in [-0.4, -0.2) is 0 Å². The fourth-order valence-electron chi connectivity index (χ4n) is 2.71. The summed E-state index contributed by atoms with van der Waals surface area (Å²) >= 11 is 0. The molecule has 0 spiro atoms. The van der Waals surface area contributed by atoms with Gasteiger partial charge in [-0.05, 0) is 11.8 Å². The predicted octanol–water partition coefficient (Wildman–Crippen LogP) is 4.78. The summed E-state index contributed by atoms with van der Waals surface area (Å²) in [4.78, 5) is 0. The van der Waals surface area contributed by atoms with E-state index in [0.29, 0.717) is 0 Å². The van der Waals surface area contributed by atoms with E-state index >= 15 is 0 Å². The number of hydrogen-bond donors (Lipinski definition) is 0. The van der Waals surface area contributed by atoms with Crippen molar-refractivity contribution in [3.05, 3.63) is 0 Å². The van der Waals surface area contributed by atoms with Crippen LogP contribution in [0, 0.1) is 11.8 Å². The molecule has 1 fully saturated rings. The third-order valence-electron chi connectivity index (χ3n) is 3.81. The molecule has 2 unspecified atom stereocenters. The van der Waals surface area contributed by atoms with Crippen molar-refractivity contribution >= 4 is 0 Å². The first-order valence-electron chi connectivity index (χ1n) is 6.34. The van der Waals surface area contributed by atoms with E-state index < -0.39 is 0 Å². The quantitative estimate of drug-likeness (QED) is 0.547. The summed E-state index contributed by atoms with van der Waals surface area (Å²) in [5.74, 6) is 2.01. The van der Waals surface area contributed by atoms with Gasteiger partial charge in [0, 0.05) is 0 Å². The first kappa shape index (κ1) is 11.1. The maximum Gasteiger partial charge on any atom is -0.0391 e. The van der Waals surface area contributed by atoms with Crippen LogP contribution in [0.15, 0.2) is 0 Å². The van der Waals surface area contributed by atoms with Crippen molar-refractivity contribution in [2.75, 3.05) is 0 Å². The Morgan fingerprint density at radius 1 is 0.846 bits per heavy atom. The Morgan fingerprint density at radius 2 is 1.38 bits per heavy atom. The van der Waals surface area contributed by atoms with E-state index in [9.17, 15) is 0 Å². The van der Waals surface area contributed by atoms with E-state index in [4.69, 9.17) is 0 Å². The van der Waals surface area contributed by atoms with Gasteiger partial charge in [-0.3, -0.25) is 0 Å². The van der Waals surface area contributed by atoms with Crippen LogP contribution < -0.4 is 0 Å². The summed E-state index contributed by atoms with van der Waals surface area (Å²) in [5.41, 5.74) is 0. The maximum absolute atomic E-state index is 2.47. The van der Waals surface area contributed by atoms with E-state index in [0.717, 1.165) is 11.8 Å². The van der Waals surface area contributed by atoms with Crippen molar-refractivity contribution in [2.45, 2.75) is 71.6 Å². The molecule has 1 aliphatic carbocycles. The first-order valence-corrected chi connectivity index (χ1v) is 6.34. The first-order chi connectivity index (χ1) is 6.34. The molecule has 0 aromatic carbocycles. The van der Waals surface area contributed by atoms with Crippen LogP contribution in [0.2, 0.25) is 0 Å². The van der Waals surface area contributed by atoms with Crippen molar-refractivity contribution in [1.82, 2.24) is 0 Å². The lowest BCUT2D eigenvalue weighted by Crippen LogP contribution is -2.11. The zero-order valence-corrected chi connectivity index (χ0v) is 9.52. The second kappa shape index (κ2) is 6.45. The molecule has 0 bridgehead atoms. The van der Waals surface area contributed by atoms with Gasteiger partial charge in [-0.1, -0.05) is 71.6 Å². The average Bonchev–Trinajstić information content (AvgIpc) is 2.16. The number of rotatable bonds is 1. The van der Waals surface area contributed by atoms with Crippen LogP contribution in [0.5, 0.6) is 0 Å². The third-order valence-corrected chi connectivity index (χ3v) is 3.81. The summed E-state index contributed by atoms with van der Waals surface area (Å²) in [7, 11) is 0. The smallest absolute Gasteiger partial charge is 0.0391 e. The Bertz CT molecular complexity index is 117. The van der Waals surface area contributed by atoms with Crippen molar-refractivity contribution < 1.29 is 0 Å². The third kappa shape index (κ3) is 4.15. The molecule has 13 heavy (non-hydrogen) atoms. The van der Waals surface area contributed by atoms with E-state index in [-0.39, 0.29) is 0 Å². The van der Waals surface area contributed by atoms with Gasteiger partial charge in [-0.15, -0.1) is 0 Å². The zero-order valence-electron chi connectivity index (χ0n) is 9.52. The van der Waals surface area contributed by atoms with Gasteiger partial charge in [0.25, 0.3) is 0 Å². The molecule has 0 amide bonds. The standard InChI is InChI=1S/C13H26/c1-3-13-11-9-7-5-4-6-8-10-12(13)2/h12-13H,3-11H2,1-2H3. The minimum absolute atomic E-state index is 0.989. The lowest BCUT2D eigenvalue weighted by molar-refractivity contribution is 0.283. The van der Waals surface area contributed by atoms with Crippen molar-refractivity contribution in [2.24, 2.45) is 11.8 Å². The largest absolute Gasteiger partial charge is 0.0651 e. The monoisotopic (exact) mass is 182 g/mol. The second-order valence-corrected chi connectivity index (χ2v) is 4.84. The van der Waals surface area contributed by atoms with Gasteiger partial charge < -0.3 is 0 Å². The van der Waals surface area contributed by atoms with Crippen LogP contribution in [0.3, 0.4) is 0 Å². The van der Waals surface area contributed by atoms with Gasteiger partial charge in [-0.2, -0.15) is 0 Å². The molecule has 0 aliphatic heterocycles. The lowest BCUT2D eigenvalue weighted by Gasteiger charge is -2.23. The van der Waals surface area contributed by atoms with Crippen molar-refractivity contribution in [1.29, 1.82) is 0 Å². The number of hydrogen-bond acceptors (Lipinski definition) is 0. The zero-order chi connectivity index (χ0) is 9.52. The topological polar surface area (TPSA) is 0 Å². The minimum Gasteiger partial charge on any atom is -0.0651 e. The average molecular weight is 182 g/mol. The minimum atomic E-state index is 0.989. The summed E-state index contributed by atoms with van der Waals surface area (Å²) in [5, 5.41) is 0. The SMILES string of the molecule is CCC1CCCCCCCCC1C. The van der Waals surface area contributed by atoms with Gasteiger partial charge in [0.05, 0.1) is 0 Å². The molecule has 0 N–H and O–H groups in total. The highest BCUT2D eigenvalue weighted by Crippen LogP contribution is 2.28. The van der Waals surface area contributed by atoms with Crippen LogP contribution in [0.25, 0.3) is 0 Å². The molecule has 0 radical (unpaired) electrons. The maximum atomic E-state index is 2.47. The summed E-state index contributed by atoms with van der Waals surface area (Å²) in [6, 6.07) is 0. The molecule has 0 saturated heterocycles. The molecule has 1 rings (SSSR count). The highest BCUT2D eigenvalue weighted by molar-refractivity contribution is 4.67. The molecule has 0 aromatic heterocycles. The lowest BCUT2D eigenvalue weighted by atomic mass is 9.82. The molecule has 78 valence electrons. The normalized spacial score (nSPS) is 32.8. The molecule has 0 heterocycles. The molecular formula is C13H26. The van der Waals surface area contributed by atoms with Crippen LogP contribution in [0.1, 0.15) is 71.6 Å². The van der Waals surface area contributed by atoms with E-state index in [1.807, 2.05) is 0 Å². The molecule has 1 saturated carbocycles. The Morgan fingerprint density at radius 3 is 2.00 bits per heavy atom. The van der Waals surface area contributed by atoms with Gasteiger partial charge in [0.2, 0.25) is 0 Å². The second-order valence-electron chi connectivity index (χ2n) is 4.84. The summed E-state index contributed by atoms with van der Waals surface area (Å²) < 4.78 is 0. The molecule has 0 aromatic rings. The molecule has 2 atom stereocenters. The van der Waals surface area contributed by atoms with Crippen LogP contribution in [0.4, 0.5) is 0 Å². The van der Waals surface area contributed by atoms with Crippen molar-refractivity contribution in [3.8, 4) is 0 Å². The predicted molar refractivity (Wildman–Crippen MR) is 59.9 cm³/mol. The Balaban J connectivity index is 2.32. The van der Waals surface area contributed by atoms with Crippen LogP contribution >= 0.6 is 0 Å². The van der Waals surface area contributed by atoms with Gasteiger partial charge in [-0.25, -0.2) is 0 Å². The van der Waals surface area contributed by atoms with E-state index in [1.54, 1.807) is 0 Å². The molecule has 1 aliphatic rings. The Labute approximate surface area is 84.1 Å². The molecular weight excluding hydrogens is 156 g/mol. The fraction of sp³-hybridized carbons (Fsp3) is 1.00.